The van der Waals surface area contributed by atoms with Crippen molar-refractivity contribution in [3.05, 3.63) is 77.7 Å². The molecular weight excluding hydrogens is 266 g/mol. The Morgan fingerprint density at radius 1 is 1.29 bits per heavy atom. The summed E-state index contributed by atoms with van der Waals surface area (Å²) in [6, 6.07) is 7.86. The van der Waals surface area contributed by atoms with Crippen LogP contribution in [0.15, 0.2) is 72.1 Å². The van der Waals surface area contributed by atoms with Gasteiger partial charge in [0.1, 0.15) is 5.75 Å². The molecule has 1 aromatic carbocycles. The minimum absolute atomic E-state index is 0.242. The molecule has 0 saturated carbocycles. The van der Waals surface area contributed by atoms with Gasteiger partial charge in [0.25, 0.3) is 0 Å². The summed E-state index contributed by atoms with van der Waals surface area (Å²) in [5.74, 6) is -0.150. The first-order chi connectivity index (χ1) is 10.2. The van der Waals surface area contributed by atoms with E-state index in [9.17, 15) is 9.90 Å². The van der Waals surface area contributed by atoms with Crippen LogP contribution in [0.25, 0.3) is 0 Å². The van der Waals surface area contributed by atoms with Gasteiger partial charge in [-0.1, -0.05) is 24.3 Å². The van der Waals surface area contributed by atoms with Crippen LogP contribution >= 0.6 is 0 Å². The Morgan fingerprint density at radius 2 is 2.14 bits per heavy atom. The van der Waals surface area contributed by atoms with Crippen LogP contribution in [0.3, 0.4) is 0 Å². The number of benzene rings is 1. The van der Waals surface area contributed by atoms with E-state index in [-0.39, 0.29) is 5.57 Å². The number of para-hydroxylation sites is 1. The van der Waals surface area contributed by atoms with E-state index in [0.717, 1.165) is 23.3 Å². The van der Waals surface area contributed by atoms with Crippen molar-refractivity contribution in [1.29, 1.82) is 0 Å². The number of hydrogen-bond acceptors (Lipinski definition) is 3. The minimum atomic E-state index is -0.948. The molecule has 3 aliphatic heterocycles. The number of nitrogens with zero attached hydrogens (tertiary/aromatic N) is 1. The molecule has 1 spiro atoms. The SMILES string of the molecule is O=C(O)C1=CC23Oc4ccccc4CC2=CC=CN3C=C1. The first-order valence-corrected chi connectivity index (χ1v) is 6.77. The quantitative estimate of drug-likeness (QED) is 0.858. The molecule has 1 N–H and O–H groups in total. The van der Waals surface area contributed by atoms with Crippen molar-refractivity contribution in [2.45, 2.75) is 12.1 Å². The highest BCUT2D eigenvalue weighted by Gasteiger charge is 2.45. The Kier molecular flexibility index (Phi) is 2.36. The summed E-state index contributed by atoms with van der Waals surface area (Å²) in [6.07, 6.45) is 11.6. The maximum Gasteiger partial charge on any atom is 0.335 e. The molecule has 1 unspecified atom stereocenters. The molecular formula is C17H13NO3. The third kappa shape index (κ3) is 1.65. The summed E-state index contributed by atoms with van der Waals surface area (Å²) >= 11 is 0. The first-order valence-electron chi connectivity index (χ1n) is 6.77. The van der Waals surface area contributed by atoms with Gasteiger partial charge in [0.2, 0.25) is 5.72 Å². The van der Waals surface area contributed by atoms with Crippen LogP contribution in [-0.2, 0) is 11.2 Å². The minimum Gasteiger partial charge on any atom is -0.478 e. The zero-order valence-electron chi connectivity index (χ0n) is 11.2. The second-order valence-corrected chi connectivity index (χ2v) is 5.24. The predicted octanol–water partition coefficient (Wildman–Crippen LogP) is 2.61. The highest BCUT2D eigenvalue weighted by atomic mass is 16.5. The van der Waals surface area contributed by atoms with Gasteiger partial charge in [-0.3, -0.25) is 0 Å². The van der Waals surface area contributed by atoms with E-state index in [2.05, 4.69) is 0 Å². The molecule has 4 heteroatoms. The van der Waals surface area contributed by atoms with E-state index in [4.69, 9.17) is 4.74 Å². The third-order valence-electron chi connectivity index (χ3n) is 4.02. The summed E-state index contributed by atoms with van der Waals surface area (Å²) in [5, 5.41) is 9.28. The molecule has 0 aliphatic carbocycles. The van der Waals surface area contributed by atoms with Gasteiger partial charge in [-0.15, -0.1) is 0 Å². The molecule has 0 fully saturated rings. The van der Waals surface area contributed by atoms with Gasteiger partial charge in [-0.2, -0.15) is 0 Å². The molecule has 0 saturated heterocycles. The lowest BCUT2D eigenvalue weighted by atomic mass is 9.86. The maximum atomic E-state index is 11.3. The zero-order chi connectivity index (χ0) is 14.4. The molecule has 0 bridgehead atoms. The Balaban J connectivity index is 1.89. The van der Waals surface area contributed by atoms with Crippen molar-refractivity contribution >= 4 is 5.97 Å². The van der Waals surface area contributed by atoms with Crippen LogP contribution in [0.1, 0.15) is 5.56 Å². The van der Waals surface area contributed by atoms with Crippen molar-refractivity contribution < 1.29 is 14.6 Å². The van der Waals surface area contributed by atoms with Crippen molar-refractivity contribution in [2.75, 3.05) is 0 Å². The Labute approximate surface area is 121 Å². The molecule has 104 valence electrons. The van der Waals surface area contributed by atoms with Gasteiger partial charge >= 0.3 is 5.97 Å². The average molecular weight is 279 g/mol. The van der Waals surface area contributed by atoms with Crippen molar-refractivity contribution in [3.8, 4) is 5.75 Å². The van der Waals surface area contributed by atoms with Gasteiger partial charge in [-0.05, 0) is 29.9 Å². The van der Waals surface area contributed by atoms with Crippen molar-refractivity contribution in [2.24, 2.45) is 0 Å². The molecule has 0 radical (unpaired) electrons. The zero-order valence-corrected chi connectivity index (χ0v) is 11.2. The van der Waals surface area contributed by atoms with Gasteiger partial charge < -0.3 is 14.7 Å². The van der Waals surface area contributed by atoms with E-state index in [1.54, 1.807) is 18.4 Å². The molecule has 1 atom stereocenters. The topological polar surface area (TPSA) is 49.8 Å². The number of fused-ring (bicyclic) bond motifs is 1. The summed E-state index contributed by atoms with van der Waals surface area (Å²) in [4.78, 5) is 13.2. The smallest absolute Gasteiger partial charge is 0.335 e. The van der Waals surface area contributed by atoms with Crippen molar-refractivity contribution in [3.63, 3.8) is 0 Å². The van der Waals surface area contributed by atoms with Gasteiger partial charge in [-0.25, -0.2) is 4.79 Å². The fraction of sp³-hybridized carbons (Fsp3) is 0.118. The van der Waals surface area contributed by atoms with Crippen LogP contribution in [-0.4, -0.2) is 21.7 Å². The van der Waals surface area contributed by atoms with Crippen LogP contribution in [0.4, 0.5) is 0 Å². The van der Waals surface area contributed by atoms with Gasteiger partial charge in [0.15, 0.2) is 0 Å². The van der Waals surface area contributed by atoms with Gasteiger partial charge in [0.05, 0.1) is 5.57 Å². The molecule has 4 nitrogen and oxygen atoms in total. The summed E-state index contributed by atoms with van der Waals surface area (Å²) < 4.78 is 6.22. The molecule has 21 heavy (non-hydrogen) atoms. The van der Waals surface area contributed by atoms with Crippen LogP contribution < -0.4 is 4.74 Å². The summed E-state index contributed by atoms with van der Waals surface area (Å²) in [5.41, 5.74) is 1.54. The van der Waals surface area contributed by atoms with E-state index in [1.807, 2.05) is 47.5 Å². The normalized spacial score (nSPS) is 25.0. The highest BCUT2D eigenvalue weighted by molar-refractivity contribution is 5.90. The number of hydrogen-bond donors (Lipinski definition) is 1. The maximum absolute atomic E-state index is 11.3. The van der Waals surface area contributed by atoms with Crippen molar-refractivity contribution in [1.82, 2.24) is 4.90 Å². The Bertz CT molecular complexity index is 757. The lowest BCUT2D eigenvalue weighted by Gasteiger charge is -2.47. The number of carboxylic acids is 1. The molecule has 1 aromatic rings. The standard InChI is InChI=1S/C17H13NO3/c19-16(20)13-7-9-18-8-3-5-14-10-12-4-1-2-6-15(12)21-17(14,18)11-13/h1-9,11H,10H2,(H,19,20). The Morgan fingerprint density at radius 3 is 3.00 bits per heavy atom. The monoisotopic (exact) mass is 279 g/mol. The average Bonchev–Trinajstić information content (AvgIpc) is 2.50. The number of ether oxygens (including phenoxy) is 1. The van der Waals surface area contributed by atoms with Crippen LogP contribution in [0.5, 0.6) is 5.75 Å². The summed E-state index contributed by atoms with van der Waals surface area (Å²) in [7, 11) is 0. The predicted molar refractivity (Wildman–Crippen MR) is 77.4 cm³/mol. The Hall–Kier alpha value is -2.75. The number of aliphatic carboxylic acids is 1. The third-order valence-corrected chi connectivity index (χ3v) is 4.02. The van der Waals surface area contributed by atoms with Crippen LogP contribution in [0, 0.1) is 0 Å². The van der Waals surface area contributed by atoms with E-state index >= 15 is 0 Å². The number of carbonyl (C=O) groups is 1. The molecule has 0 aromatic heterocycles. The number of carboxylic acid groups (broad SMARTS) is 1. The lowest BCUT2D eigenvalue weighted by Crippen LogP contribution is -2.53. The molecule has 0 amide bonds. The highest BCUT2D eigenvalue weighted by Crippen LogP contribution is 2.43. The van der Waals surface area contributed by atoms with Crippen LogP contribution in [0.2, 0.25) is 0 Å². The van der Waals surface area contributed by atoms with Gasteiger partial charge in [0, 0.05) is 24.4 Å². The van der Waals surface area contributed by atoms with E-state index in [1.165, 1.54) is 0 Å². The second kappa shape index (κ2) is 4.12. The van der Waals surface area contributed by atoms with E-state index in [0.29, 0.717) is 0 Å². The lowest BCUT2D eigenvalue weighted by molar-refractivity contribution is -0.132. The number of allylic oxidation sites excluding steroid dienone is 2. The number of rotatable bonds is 1. The summed E-state index contributed by atoms with van der Waals surface area (Å²) in [6.45, 7) is 0. The van der Waals surface area contributed by atoms with E-state index < -0.39 is 11.7 Å². The molecule has 4 rings (SSSR count). The second-order valence-electron chi connectivity index (χ2n) is 5.24. The molecule has 3 aliphatic rings. The molecule has 3 heterocycles. The fourth-order valence-electron chi connectivity index (χ4n) is 2.98. The first kappa shape index (κ1) is 12.0. The largest absolute Gasteiger partial charge is 0.478 e. The fourth-order valence-corrected chi connectivity index (χ4v) is 2.98.